The second-order valence-electron chi connectivity index (χ2n) is 4.64. The number of thiophene rings is 2. The van der Waals surface area contributed by atoms with Crippen LogP contribution in [0.15, 0.2) is 44.8 Å². The molecule has 0 bridgehead atoms. The predicted octanol–water partition coefficient (Wildman–Crippen LogP) is 5.03. The van der Waals surface area contributed by atoms with Gasteiger partial charge in [0.05, 0.1) is 0 Å². The number of hydrogen-bond acceptors (Lipinski definition) is 3. The standard InChI is InChI=1S/C16H14OS2/c17-16-14(8-12-4-6-18-10-12)2-1-3-15(16)9-13-5-7-19-11-13/h4-11H,1-3H2/b14-8+,15-9+. The first-order chi connectivity index (χ1) is 9.33. The maximum atomic E-state index is 12.4. The third kappa shape index (κ3) is 2.94. The SMILES string of the molecule is O=C1/C(=C/c2ccsc2)CCC/C1=C\c1ccsc1. The summed E-state index contributed by atoms with van der Waals surface area (Å²) in [6.07, 6.45) is 6.95. The Hall–Kier alpha value is -1.45. The van der Waals surface area contributed by atoms with Crippen LogP contribution in [0.2, 0.25) is 0 Å². The van der Waals surface area contributed by atoms with Crippen LogP contribution >= 0.6 is 22.7 Å². The molecule has 0 spiro atoms. The Morgan fingerprint density at radius 1 is 0.895 bits per heavy atom. The minimum atomic E-state index is 0.226. The molecule has 1 aliphatic carbocycles. The van der Waals surface area contributed by atoms with Crippen molar-refractivity contribution in [1.82, 2.24) is 0 Å². The van der Waals surface area contributed by atoms with Crippen LogP contribution in [0.5, 0.6) is 0 Å². The Morgan fingerprint density at radius 3 is 1.84 bits per heavy atom. The summed E-state index contributed by atoms with van der Waals surface area (Å²) in [5.41, 5.74) is 4.19. The van der Waals surface area contributed by atoms with Gasteiger partial charge in [0.25, 0.3) is 0 Å². The maximum absolute atomic E-state index is 12.4. The van der Waals surface area contributed by atoms with E-state index in [1.165, 1.54) is 0 Å². The van der Waals surface area contributed by atoms with Crippen LogP contribution in [0.4, 0.5) is 0 Å². The molecule has 1 fully saturated rings. The van der Waals surface area contributed by atoms with Gasteiger partial charge in [-0.3, -0.25) is 4.79 Å². The van der Waals surface area contributed by atoms with Gasteiger partial charge < -0.3 is 0 Å². The fraction of sp³-hybridized carbons (Fsp3) is 0.188. The number of ketones is 1. The number of allylic oxidation sites excluding steroid dienone is 2. The zero-order valence-corrected chi connectivity index (χ0v) is 12.1. The zero-order valence-electron chi connectivity index (χ0n) is 10.5. The van der Waals surface area contributed by atoms with Crippen LogP contribution in [-0.4, -0.2) is 5.78 Å². The topological polar surface area (TPSA) is 17.1 Å². The lowest BCUT2D eigenvalue weighted by molar-refractivity contribution is -0.112. The normalized spacial score (nSPS) is 20.3. The van der Waals surface area contributed by atoms with Gasteiger partial charge in [0, 0.05) is 11.1 Å². The molecule has 0 amide bonds. The fourth-order valence-electron chi connectivity index (χ4n) is 2.29. The van der Waals surface area contributed by atoms with Crippen LogP contribution in [0, 0.1) is 0 Å². The van der Waals surface area contributed by atoms with Crippen molar-refractivity contribution in [2.75, 3.05) is 0 Å². The zero-order chi connectivity index (χ0) is 13.1. The van der Waals surface area contributed by atoms with E-state index in [4.69, 9.17) is 0 Å². The lowest BCUT2D eigenvalue weighted by Gasteiger charge is -2.16. The lowest BCUT2D eigenvalue weighted by atomic mass is 9.87. The van der Waals surface area contributed by atoms with Crippen LogP contribution in [0.1, 0.15) is 30.4 Å². The van der Waals surface area contributed by atoms with Gasteiger partial charge in [-0.15, -0.1) is 0 Å². The van der Waals surface area contributed by atoms with E-state index in [9.17, 15) is 4.79 Å². The van der Waals surface area contributed by atoms with E-state index in [1.54, 1.807) is 22.7 Å². The molecule has 2 heterocycles. The summed E-state index contributed by atoms with van der Waals surface area (Å²) >= 11 is 3.33. The molecule has 1 saturated carbocycles. The molecule has 1 nitrogen and oxygen atoms in total. The molecule has 0 unspecified atom stereocenters. The van der Waals surface area contributed by atoms with Crippen molar-refractivity contribution in [3.63, 3.8) is 0 Å². The van der Waals surface area contributed by atoms with E-state index in [1.807, 2.05) is 22.9 Å². The second kappa shape index (κ2) is 5.68. The van der Waals surface area contributed by atoms with Crippen molar-refractivity contribution >= 4 is 40.6 Å². The molecule has 96 valence electrons. The summed E-state index contributed by atoms with van der Waals surface area (Å²) in [5.74, 6) is 0.226. The molecule has 3 heteroatoms. The minimum Gasteiger partial charge on any atom is -0.289 e. The van der Waals surface area contributed by atoms with E-state index in [0.717, 1.165) is 41.5 Å². The van der Waals surface area contributed by atoms with Crippen molar-refractivity contribution in [2.45, 2.75) is 19.3 Å². The molecular formula is C16H14OS2. The van der Waals surface area contributed by atoms with Crippen LogP contribution < -0.4 is 0 Å². The highest BCUT2D eigenvalue weighted by atomic mass is 32.1. The highest BCUT2D eigenvalue weighted by Gasteiger charge is 2.20. The first-order valence-electron chi connectivity index (χ1n) is 6.33. The van der Waals surface area contributed by atoms with E-state index in [-0.39, 0.29) is 5.78 Å². The first-order valence-corrected chi connectivity index (χ1v) is 8.22. The Labute approximate surface area is 120 Å². The van der Waals surface area contributed by atoms with Gasteiger partial charge in [0.2, 0.25) is 0 Å². The molecule has 2 aromatic heterocycles. The molecule has 0 saturated heterocycles. The highest BCUT2D eigenvalue weighted by Crippen LogP contribution is 2.28. The van der Waals surface area contributed by atoms with Crippen LogP contribution in [0.25, 0.3) is 12.2 Å². The van der Waals surface area contributed by atoms with Crippen molar-refractivity contribution in [3.8, 4) is 0 Å². The Balaban J connectivity index is 1.87. The predicted molar refractivity (Wildman–Crippen MR) is 83.5 cm³/mol. The van der Waals surface area contributed by atoms with Gasteiger partial charge in [0.15, 0.2) is 5.78 Å². The number of carbonyl (C=O) groups is 1. The monoisotopic (exact) mass is 286 g/mol. The van der Waals surface area contributed by atoms with Crippen molar-refractivity contribution < 1.29 is 4.79 Å². The van der Waals surface area contributed by atoms with E-state index in [0.29, 0.717) is 0 Å². The number of carbonyl (C=O) groups excluding carboxylic acids is 1. The highest BCUT2D eigenvalue weighted by molar-refractivity contribution is 7.08. The van der Waals surface area contributed by atoms with Crippen molar-refractivity contribution in [1.29, 1.82) is 0 Å². The average molecular weight is 286 g/mol. The van der Waals surface area contributed by atoms with Gasteiger partial charge >= 0.3 is 0 Å². The molecule has 0 aromatic carbocycles. The summed E-state index contributed by atoms with van der Waals surface area (Å²) < 4.78 is 0. The third-order valence-electron chi connectivity index (χ3n) is 3.24. The summed E-state index contributed by atoms with van der Waals surface area (Å²) in [5, 5.41) is 8.25. The number of rotatable bonds is 2. The lowest BCUT2D eigenvalue weighted by Crippen LogP contribution is -2.12. The number of hydrogen-bond donors (Lipinski definition) is 0. The quantitative estimate of drug-likeness (QED) is 0.708. The minimum absolute atomic E-state index is 0.226. The molecule has 1 aliphatic rings. The molecule has 0 N–H and O–H groups in total. The van der Waals surface area contributed by atoms with E-state index < -0.39 is 0 Å². The van der Waals surface area contributed by atoms with Crippen molar-refractivity contribution in [3.05, 3.63) is 55.9 Å². The van der Waals surface area contributed by atoms with Gasteiger partial charge in [-0.25, -0.2) is 0 Å². The van der Waals surface area contributed by atoms with E-state index >= 15 is 0 Å². The largest absolute Gasteiger partial charge is 0.289 e. The Morgan fingerprint density at radius 2 is 1.42 bits per heavy atom. The first kappa shape index (κ1) is 12.6. The maximum Gasteiger partial charge on any atom is 0.185 e. The summed E-state index contributed by atoms with van der Waals surface area (Å²) in [4.78, 5) is 12.4. The van der Waals surface area contributed by atoms with E-state index in [2.05, 4.69) is 22.9 Å². The molecule has 0 aliphatic heterocycles. The van der Waals surface area contributed by atoms with Gasteiger partial charge in [0.1, 0.15) is 0 Å². The number of Topliss-reactive ketones (excluding diaryl/α,β-unsaturated/α-hetero) is 1. The van der Waals surface area contributed by atoms with Crippen LogP contribution in [-0.2, 0) is 4.79 Å². The van der Waals surface area contributed by atoms with Gasteiger partial charge in [-0.2, -0.15) is 22.7 Å². The van der Waals surface area contributed by atoms with Crippen molar-refractivity contribution in [2.24, 2.45) is 0 Å². The third-order valence-corrected chi connectivity index (χ3v) is 4.65. The molecule has 0 atom stereocenters. The average Bonchev–Trinajstić information content (AvgIpc) is 3.07. The van der Waals surface area contributed by atoms with Gasteiger partial charge in [-0.05, 0) is 76.2 Å². The summed E-state index contributed by atoms with van der Waals surface area (Å²) in [6.45, 7) is 0. The second-order valence-corrected chi connectivity index (χ2v) is 6.20. The van der Waals surface area contributed by atoms with Crippen LogP contribution in [0.3, 0.4) is 0 Å². The molecular weight excluding hydrogens is 272 g/mol. The molecule has 19 heavy (non-hydrogen) atoms. The Kier molecular flexibility index (Phi) is 3.76. The summed E-state index contributed by atoms with van der Waals surface area (Å²) in [7, 11) is 0. The summed E-state index contributed by atoms with van der Waals surface area (Å²) in [6, 6.07) is 4.11. The van der Waals surface area contributed by atoms with Gasteiger partial charge in [-0.1, -0.05) is 0 Å². The Bertz CT molecular complexity index is 562. The fourth-order valence-corrected chi connectivity index (χ4v) is 3.53. The molecule has 3 rings (SSSR count). The molecule has 0 radical (unpaired) electrons. The molecule has 2 aromatic rings. The smallest absolute Gasteiger partial charge is 0.185 e.